The largest absolute Gasteiger partial charge is 0.392 e. The van der Waals surface area contributed by atoms with Gasteiger partial charge in [0.2, 0.25) is 0 Å². The summed E-state index contributed by atoms with van der Waals surface area (Å²) >= 11 is 0. The van der Waals surface area contributed by atoms with E-state index in [0.29, 0.717) is 0 Å². The normalized spacial score (nSPS) is 26.8. The van der Waals surface area contributed by atoms with E-state index in [1.54, 1.807) is 12.1 Å². The zero-order chi connectivity index (χ0) is 12.3. The van der Waals surface area contributed by atoms with Crippen molar-refractivity contribution in [2.24, 2.45) is 0 Å². The fraction of sp³-hybridized carbons (Fsp3) is 0.571. The van der Waals surface area contributed by atoms with Gasteiger partial charge >= 0.3 is 0 Å². The molecule has 0 unspecified atom stereocenters. The molecule has 0 amide bonds. The first-order valence-corrected chi connectivity index (χ1v) is 6.36. The van der Waals surface area contributed by atoms with E-state index in [4.69, 9.17) is 0 Å². The molecule has 0 radical (unpaired) electrons. The average molecular weight is 237 g/mol. The third kappa shape index (κ3) is 3.27. The quantitative estimate of drug-likeness (QED) is 0.847. The predicted molar refractivity (Wildman–Crippen MR) is 66.2 cm³/mol. The van der Waals surface area contributed by atoms with Gasteiger partial charge in [-0.25, -0.2) is 4.39 Å². The Hall–Kier alpha value is -0.930. The van der Waals surface area contributed by atoms with E-state index >= 15 is 0 Å². The summed E-state index contributed by atoms with van der Waals surface area (Å²) in [6, 6.07) is 6.85. The minimum Gasteiger partial charge on any atom is -0.392 e. The molecule has 2 nitrogen and oxygen atoms in total. The zero-order valence-electron chi connectivity index (χ0n) is 10.2. The molecule has 17 heavy (non-hydrogen) atoms. The molecule has 3 atom stereocenters. The van der Waals surface area contributed by atoms with Crippen LogP contribution in [-0.2, 0) is 0 Å². The van der Waals surface area contributed by atoms with Crippen LogP contribution in [0.5, 0.6) is 0 Å². The third-order valence-corrected chi connectivity index (χ3v) is 3.54. The van der Waals surface area contributed by atoms with Gasteiger partial charge in [-0.15, -0.1) is 0 Å². The van der Waals surface area contributed by atoms with Gasteiger partial charge in [-0.3, -0.25) is 0 Å². The van der Waals surface area contributed by atoms with Crippen molar-refractivity contribution >= 4 is 0 Å². The van der Waals surface area contributed by atoms with Crippen LogP contribution in [0.1, 0.15) is 44.2 Å². The molecule has 1 aromatic rings. The number of halogens is 1. The average Bonchev–Trinajstić information content (AvgIpc) is 2.32. The number of aliphatic hydroxyl groups excluding tert-OH is 1. The maximum atomic E-state index is 13.1. The lowest BCUT2D eigenvalue weighted by Crippen LogP contribution is -2.43. The van der Waals surface area contributed by atoms with Crippen molar-refractivity contribution in [3.8, 4) is 0 Å². The molecule has 2 rings (SSSR count). The lowest BCUT2D eigenvalue weighted by molar-refractivity contribution is 0.0859. The Kier molecular flexibility index (Phi) is 4.13. The highest BCUT2D eigenvalue weighted by Crippen LogP contribution is 2.22. The summed E-state index contributed by atoms with van der Waals surface area (Å²) in [6.45, 7) is 2.01. The second-order valence-electron chi connectivity index (χ2n) is 4.90. The summed E-state index contributed by atoms with van der Waals surface area (Å²) < 4.78 is 13.1. The third-order valence-electron chi connectivity index (χ3n) is 3.54. The Morgan fingerprint density at radius 2 is 2.12 bits per heavy atom. The van der Waals surface area contributed by atoms with Crippen molar-refractivity contribution in [1.29, 1.82) is 0 Å². The van der Waals surface area contributed by atoms with E-state index in [-0.39, 0.29) is 24.0 Å². The van der Waals surface area contributed by atoms with Crippen LogP contribution in [0.3, 0.4) is 0 Å². The fourth-order valence-electron chi connectivity index (χ4n) is 2.50. The maximum absolute atomic E-state index is 13.1. The Labute approximate surface area is 102 Å². The van der Waals surface area contributed by atoms with Gasteiger partial charge in [-0.1, -0.05) is 25.0 Å². The van der Waals surface area contributed by atoms with Crippen LogP contribution in [0.15, 0.2) is 24.3 Å². The van der Waals surface area contributed by atoms with Gasteiger partial charge in [0.25, 0.3) is 0 Å². The minimum atomic E-state index is -0.264. The van der Waals surface area contributed by atoms with Gasteiger partial charge in [0, 0.05) is 12.1 Å². The lowest BCUT2D eigenvalue weighted by atomic mass is 9.91. The number of rotatable bonds is 3. The van der Waals surface area contributed by atoms with Crippen LogP contribution in [0.2, 0.25) is 0 Å². The molecule has 1 fully saturated rings. The van der Waals surface area contributed by atoms with Gasteiger partial charge in [-0.05, 0) is 37.5 Å². The first kappa shape index (κ1) is 12.5. The Morgan fingerprint density at radius 1 is 1.35 bits per heavy atom. The number of aliphatic hydroxyl groups is 1. The van der Waals surface area contributed by atoms with Crippen molar-refractivity contribution in [1.82, 2.24) is 5.32 Å². The predicted octanol–water partition coefficient (Wildman–Crippen LogP) is 2.78. The van der Waals surface area contributed by atoms with Crippen molar-refractivity contribution in [3.63, 3.8) is 0 Å². The summed E-state index contributed by atoms with van der Waals surface area (Å²) in [7, 11) is 0. The standard InChI is InChI=1S/C14H20FNO/c1-10(11-5-4-6-12(15)9-11)16-13-7-2-3-8-14(13)17/h4-6,9-10,13-14,16-17H,2-3,7-8H2,1H3/t10-,13+,14+/m1/s1. The summed E-state index contributed by atoms with van der Waals surface area (Å²) in [5.41, 5.74) is 0.933. The molecule has 2 N–H and O–H groups in total. The van der Waals surface area contributed by atoms with Crippen molar-refractivity contribution in [3.05, 3.63) is 35.6 Å². The van der Waals surface area contributed by atoms with E-state index in [1.165, 1.54) is 6.07 Å². The lowest BCUT2D eigenvalue weighted by Gasteiger charge is -2.31. The monoisotopic (exact) mass is 237 g/mol. The van der Waals surface area contributed by atoms with Gasteiger partial charge in [-0.2, -0.15) is 0 Å². The highest BCUT2D eigenvalue weighted by Gasteiger charge is 2.24. The number of benzene rings is 1. The number of hydrogen-bond acceptors (Lipinski definition) is 2. The molecule has 0 aliphatic heterocycles. The van der Waals surface area contributed by atoms with Crippen LogP contribution >= 0.6 is 0 Å². The van der Waals surface area contributed by atoms with Crippen LogP contribution in [-0.4, -0.2) is 17.3 Å². The number of hydrogen-bond donors (Lipinski definition) is 2. The Bertz CT molecular complexity index is 369. The van der Waals surface area contributed by atoms with E-state index in [0.717, 1.165) is 31.2 Å². The van der Waals surface area contributed by atoms with Crippen LogP contribution in [0.4, 0.5) is 4.39 Å². The molecule has 0 saturated heterocycles. The maximum Gasteiger partial charge on any atom is 0.123 e. The van der Waals surface area contributed by atoms with Gasteiger partial charge < -0.3 is 10.4 Å². The molecule has 3 heteroatoms. The summed E-state index contributed by atoms with van der Waals surface area (Å²) in [4.78, 5) is 0. The molecule has 1 aliphatic rings. The smallest absolute Gasteiger partial charge is 0.123 e. The highest BCUT2D eigenvalue weighted by atomic mass is 19.1. The first-order chi connectivity index (χ1) is 8.16. The van der Waals surface area contributed by atoms with Crippen molar-refractivity contribution < 1.29 is 9.50 Å². The summed E-state index contributed by atoms with van der Waals surface area (Å²) in [5, 5.41) is 13.3. The van der Waals surface area contributed by atoms with E-state index in [9.17, 15) is 9.50 Å². The van der Waals surface area contributed by atoms with Gasteiger partial charge in [0.1, 0.15) is 5.82 Å². The molecule has 1 aromatic carbocycles. The SMILES string of the molecule is C[C@@H](N[C@H]1CCCC[C@@H]1O)c1cccc(F)c1. The topological polar surface area (TPSA) is 32.3 Å². The molecule has 1 aliphatic carbocycles. The first-order valence-electron chi connectivity index (χ1n) is 6.36. The molecular weight excluding hydrogens is 217 g/mol. The summed E-state index contributed by atoms with van der Waals surface area (Å²) in [6.07, 6.45) is 3.87. The van der Waals surface area contributed by atoms with Crippen molar-refractivity contribution in [2.45, 2.75) is 50.8 Å². The van der Waals surface area contributed by atoms with E-state index < -0.39 is 0 Å². The molecule has 94 valence electrons. The van der Waals surface area contributed by atoms with E-state index in [1.807, 2.05) is 13.0 Å². The number of nitrogens with one attached hydrogen (secondary N) is 1. The molecular formula is C14H20FNO. The van der Waals surface area contributed by atoms with Crippen molar-refractivity contribution in [2.75, 3.05) is 0 Å². The van der Waals surface area contributed by atoms with Crippen LogP contribution in [0.25, 0.3) is 0 Å². The second-order valence-corrected chi connectivity index (χ2v) is 4.90. The van der Waals surface area contributed by atoms with Gasteiger partial charge in [0.15, 0.2) is 0 Å². The Morgan fingerprint density at radius 3 is 2.82 bits per heavy atom. The minimum absolute atomic E-state index is 0.0726. The van der Waals surface area contributed by atoms with Crippen LogP contribution in [0, 0.1) is 5.82 Å². The summed E-state index contributed by atoms with van der Waals surface area (Å²) in [5.74, 6) is -0.208. The highest BCUT2D eigenvalue weighted by molar-refractivity contribution is 5.19. The van der Waals surface area contributed by atoms with Gasteiger partial charge in [0.05, 0.1) is 6.10 Å². The molecule has 0 aromatic heterocycles. The molecule has 0 heterocycles. The second kappa shape index (κ2) is 5.61. The molecule has 0 spiro atoms. The van der Waals surface area contributed by atoms with Crippen LogP contribution < -0.4 is 5.32 Å². The molecule has 0 bridgehead atoms. The zero-order valence-corrected chi connectivity index (χ0v) is 10.2. The molecule has 1 saturated carbocycles. The Balaban J connectivity index is 1.98. The van der Waals surface area contributed by atoms with E-state index in [2.05, 4.69) is 5.32 Å². The fourth-order valence-corrected chi connectivity index (χ4v) is 2.50.